The summed E-state index contributed by atoms with van der Waals surface area (Å²) in [6.07, 6.45) is 3.18. The predicted octanol–water partition coefficient (Wildman–Crippen LogP) is 2.34. The minimum absolute atomic E-state index is 0.0984. The van der Waals surface area contributed by atoms with E-state index >= 15 is 0 Å². The fourth-order valence-electron chi connectivity index (χ4n) is 3.62. The zero-order valence-electron chi connectivity index (χ0n) is 18.5. The maximum atomic E-state index is 12.9. The fourth-order valence-corrected chi connectivity index (χ4v) is 3.62. The number of aromatic nitrogens is 2. The molecule has 0 aliphatic rings. The smallest absolute Gasteiger partial charge is 0.322 e. The molecule has 0 saturated carbocycles. The summed E-state index contributed by atoms with van der Waals surface area (Å²) < 4.78 is 0. The number of carboxylic acid groups (broad SMARTS) is 1. The van der Waals surface area contributed by atoms with Crippen molar-refractivity contribution in [1.82, 2.24) is 20.6 Å². The molecule has 2 aromatic heterocycles. The molecule has 176 valence electrons. The second kappa shape index (κ2) is 10.4. The third-order valence-electron chi connectivity index (χ3n) is 5.41. The van der Waals surface area contributed by atoms with Crippen molar-refractivity contribution in [2.45, 2.75) is 12.5 Å². The van der Waals surface area contributed by atoms with Crippen molar-refractivity contribution in [3.8, 4) is 0 Å². The van der Waals surface area contributed by atoms with E-state index < -0.39 is 30.4 Å². The fraction of sp³-hybridized carbons (Fsp3) is 0.115. The third-order valence-corrected chi connectivity index (χ3v) is 5.41. The summed E-state index contributed by atoms with van der Waals surface area (Å²) in [5.74, 6) is -2.49. The van der Waals surface area contributed by atoms with Gasteiger partial charge in [0, 0.05) is 40.8 Å². The van der Waals surface area contributed by atoms with E-state index in [0.29, 0.717) is 16.7 Å². The molecule has 2 heterocycles. The first kappa shape index (κ1) is 23.4. The van der Waals surface area contributed by atoms with Crippen LogP contribution in [0, 0.1) is 0 Å². The van der Waals surface area contributed by atoms with Crippen LogP contribution in [0.4, 0.5) is 0 Å². The van der Waals surface area contributed by atoms with Gasteiger partial charge in [-0.3, -0.25) is 24.2 Å². The lowest BCUT2D eigenvalue weighted by Crippen LogP contribution is -2.49. The molecule has 1 atom stereocenters. The summed E-state index contributed by atoms with van der Waals surface area (Å²) in [7, 11) is 0. The molecule has 0 bridgehead atoms. The number of amides is 2. The Labute approximate surface area is 200 Å². The average Bonchev–Trinajstić information content (AvgIpc) is 3.32. The van der Waals surface area contributed by atoms with Gasteiger partial charge in [-0.1, -0.05) is 42.5 Å². The zero-order valence-corrected chi connectivity index (χ0v) is 18.5. The Morgan fingerprint density at radius 1 is 0.914 bits per heavy atom. The van der Waals surface area contributed by atoms with E-state index in [2.05, 4.69) is 20.6 Å². The number of hydrogen-bond acceptors (Lipinski definition) is 5. The molecule has 2 amide bonds. The van der Waals surface area contributed by atoms with Crippen LogP contribution >= 0.6 is 0 Å². The van der Waals surface area contributed by atoms with Crippen LogP contribution in [0.1, 0.15) is 32.0 Å². The Kier molecular flexibility index (Phi) is 6.96. The summed E-state index contributed by atoms with van der Waals surface area (Å²) >= 11 is 0. The van der Waals surface area contributed by atoms with Gasteiger partial charge < -0.3 is 20.7 Å². The lowest BCUT2D eigenvalue weighted by Gasteiger charge is -2.18. The van der Waals surface area contributed by atoms with Crippen molar-refractivity contribution in [3.05, 3.63) is 102 Å². The van der Waals surface area contributed by atoms with Crippen LogP contribution in [-0.2, 0) is 16.0 Å². The topological polar surface area (TPSA) is 141 Å². The molecule has 0 aliphatic heterocycles. The third kappa shape index (κ3) is 5.77. The lowest BCUT2D eigenvalue weighted by molar-refractivity contribution is -0.138. The van der Waals surface area contributed by atoms with Crippen molar-refractivity contribution in [3.63, 3.8) is 0 Å². The first-order chi connectivity index (χ1) is 16.9. The van der Waals surface area contributed by atoms with Gasteiger partial charge >= 0.3 is 5.97 Å². The van der Waals surface area contributed by atoms with Gasteiger partial charge in [-0.25, -0.2) is 0 Å². The number of benzene rings is 2. The number of nitrogens with one attached hydrogen (secondary N) is 3. The van der Waals surface area contributed by atoms with Gasteiger partial charge in [0.15, 0.2) is 5.78 Å². The van der Waals surface area contributed by atoms with Gasteiger partial charge in [0.25, 0.3) is 5.91 Å². The van der Waals surface area contributed by atoms with Gasteiger partial charge in [-0.2, -0.15) is 0 Å². The Balaban J connectivity index is 1.51. The number of carboxylic acids is 1. The number of hydrogen-bond donors (Lipinski definition) is 4. The zero-order chi connectivity index (χ0) is 24.8. The SMILES string of the molecule is O=C(O)CNC(=O)[C@H](Cc1ccc(C(=O)c2ccncc2)cc1)NC(=O)c1cc2ccccc2[nH]1. The molecule has 0 radical (unpaired) electrons. The van der Waals surface area contributed by atoms with Crippen LogP contribution in [0.2, 0.25) is 0 Å². The molecule has 0 aliphatic carbocycles. The van der Waals surface area contributed by atoms with Crippen LogP contribution in [0.15, 0.2) is 79.1 Å². The normalized spacial score (nSPS) is 11.5. The van der Waals surface area contributed by atoms with Crippen LogP contribution in [0.5, 0.6) is 0 Å². The molecule has 4 rings (SSSR count). The number of aromatic amines is 1. The number of carbonyl (C=O) groups excluding carboxylic acids is 3. The molecule has 0 unspecified atom stereocenters. The van der Waals surface area contributed by atoms with E-state index in [1.54, 1.807) is 42.5 Å². The van der Waals surface area contributed by atoms with Crippen molar-refractivity contribution in [2.75, 3.05) is 6.54 Å². The van der Waals surface area contributed by atoms with E-state index in [1.165, 1.54) is 12.4 Å². The number of pyridine rings is 1. The largest absolute Gasteiger partial charge is 0.480 e. The molecule has 0 fully saturated rings. The van der Waals surface area contributed by atoms with Crippen LogP contribution < -0.4 is 10.6 Å². The summed E-state index contributed by atoms with van der Waals surface area (Å²) in [6, 6.07) is 17.9. The predicted molar refractivity (Wildman–Crippen MR) is 128 cm³/mol. The minimum atomic E-state index is -1.20. The molecule has 4 aromatic rings. The molecule has 0 spiro atoms. The highest BCUT2D eigenvalue weighted by Crippen LogP contribution is 2.16. The van der Waals surface area contributed by atoms with Crippen LogP contribution in [-0.4, -0.2) is 51.2 Å². The van der Waals surface area contributed by atoms with Gasteiger partial charge in [0.05, 0.1) is 0 Å². The number of rotatable bonds is 9. The van der Waals surface area contributed by atoms with E-state index in [-0.39, 0.29) is 17.9 Å². The van der Waals surface area contributed by atoms with Crippen molar-refractivity contribution < 1.29 is 24.3 Å². The number of nitrogens with zero attached hydrogens (tertiary/aromatic N) is 1. The second-order valence-electron chi connectivity index (χ2n) is 7.87. The Bertz CT molecular complexity index is 1350. The maximum absolute atomic E-state index is 12.9. The van der Waals surface area contributed by atoms with E-state index in [4.69, 9.17) is 5.11 Å². The first-order valence-electron chi connectivity index (χ1n) is 10.8. The number of aliphatic carboxylic acids is 1. The lowest BCUT2D eigenvalue weighted by atomic mass is 9.99. The Hall–Kier alpha value is -4.79. The Morgan fingerprint density at radius 3 is 2.29 bits per heavy atom. The monoisotopic (exact) mass is 470 g/mol. The van der Waals surface area contributed by atoms with Gasteiger partial charge in [0.2, 0.25) is 5.91 Å². The number of H-pyrrole nitrogens is 1. The number of fused-ring (bicyclic) bond motifs is 1. The van der Waals surface area contributed by atoms with Crippen LogP contribution in [0.3, 0.4) is 0 Å². The molecule has 2 aromatic carbocycles. The average molecular weight is 470 g/mol. The molecule has 0 saturated heterocycles. The summed E-state index contributed by atoms with van der Waals surface area (Å²) in [5, 5.41) is 14.7. The highest BCUT2D eigenvalue weighted by atomic mass is 16.4. The molecule has 9 nitrogen and oxygen atoms in total. The van der Waals surface area contributed by atoms with E-state index in [9.17, 15) is 19.2 Å². The minimum Gasteiger partial charge on any atom is -0.480 e. The van der Waals surface area contributed by atoms with Gasteiger partial charge in [0.1, 0.15) is 18.3 Å². The number of ketones is 1. The maximum Gasteiger partial charge on any atom is 0.322 e. The molecule has 35 heavy (non-hydrogen) atoms. The highest BCUT2D eigenvalue weighted by molar-refractivity contribution is 6.08. The first-order valence-corrected chi connectivity index (χ1v) is 10.8. The molecular weight excluding hydrogens is 448 g/mol. The van der Waals surface area contributed by atoms with E-state index in [1.807, 2.05) is 24.3 Å². The summed E-state index contributed by atoms with van der Waals surface area (Å²) in [5.41, 5.74) is 2.71. The van der Waals surface area contributed by atoms with Gasteiger partial charge in [-0.05, 0) is 29.8 Å². The summed E-state index contributed by atoms with van der Waals surface area (Å²) in [4.78, 5) is 56.0. The number of para-hydroxylation sites is 1. The van der Waals surface area contributed by atoms with Crippen molar-refractivity contribution in [2.24, 2.45) is 0 Å². The molecular formula is C26H22N4O5. The van der Waals surface area contributed by atoms with E-state index in [0.717, 1.165) is 10.9 Å². The standard InChI is InChI=1S/C26H22N4O5/c31-23(32)15-28-25(34)21(30-26(35)22-14-19-3-1-2-4-20(19)29-22)13-16-5-7-17(8-6-16)24(33)18-9-11-27-12-10-18/h1-12,14,21,29H,13,15H2,(H,28,34)(H,30,35)(H,31,32)/t21-/m0/s1. The quantitative estimate of drug-likeness (QED) is 0.277. The van der Waals surface area contributed by atoms with Crippen molar-refractivity contribution >= 4 is 34.5 Å². The van der Waals surface area contributed by atoms with Crippen molar-refractivity contribution in [1.29, 1.82) is 0 Å². The highest BCUT2D eigenvalue weighted by Gasteiger charge is 2.23. The second-order valence-corrected chi connectivity index (χ2v) is 7.87. The summed E-state index contributed by atoms with van der Waals surface area (Å²) in [6.45, 7) is -0.572. The Morgan fingerprint density at radius 2 is 1.60 bits per heavy atom. The molecule has 9 heteroatoms. The van der Waals surface area contributed by atoms with Gasteiger partial charge in [-0.15, -0.1) is 0 Å². The number of carbonyl (C=O) groups is 4. The van der Waals surface area contributed by atoms with Crippen LogP contribution in [0.25, 0.3) is 10.9 Å². The molecule has 4 N–H and O–H groups in total.